The number of hydrogen-bond donors (Lipinski definition) is 1. The average Bonchev–Trinajstić information content (AvgIpc) is 3.25. The second-order valence-electron chi connectivity index (χ2n) is 6.30. The molecule has 132 valence electrons. The van der Waals surface area contributed by atoms with Crippen molar-refractivity contribution in [2.24, 2.45) is 7.05 Å². The molecule has 0 radical (unpaired) electrons. The number of H-pyrrole nitrogens is 1. The summed E-state index contributed by atoms with van der Waals surface area (Å²) in [5, 5.41) is 8.34. The van der Waals surface area contributed by atoms with Gasteiger partial charge in [0.25, 0.3) is 0 Å². The average molecular weight is 358 g/mol. The number of rotatable bonds is 3. The molecule has 0 unspecified atom stereocenters. The topological polar surface area (TPSA) is 55.7 Å². The number of benzene rings is 3. The molecule has 3 aromatic carbocycles. The van der Waals surface area contributed by atoms with Gasteiger partial charge in [0.2, 0.25) is 0 Å². The summed E-state index contributed by atoms with van der Waals surface area (Å²) in [5.41, 5.74) is 3.52. The van der Waals surface area contributed by atoms with Gasteiger partial charge in [-0.2, -0.15) is 5.10 Å². The lowest BCUT2D eigenvalue weighted by atomic mass is 10.2. The third-order valence-electron chi connectivity index (χ3n) is 4.60. The first-order chi connectivity index (χ1) is 13.2. The van der Waals surface area contributed by atoms with Crippen LogP contribution in [0.2, 0.25) is 0 Å². The normalized spacial score (nSPS) is 11.3. The number of aromatic nitrogens is 4. The van der Waals surface area contributed by atoms with Gasteiger partial charge in [-0.15, -0.1) is 0 Å². The maximum Gasteiger partial charge on any atom is 0.165 e. The first kappa shape index (κ1) is 15.6. The van der Waals surface area contributed by atoms with Gasteiger partial charge in [0.05, 0.1) is 16.6 Å². The van der Waals surface area contributed by atoms with Crippen molar-refractivity contribution in [1.29, 1.82) is 0 Å². The molecule has 0 aliphatic carbocycles. The van der Waals surface area contributed by atoms with E-state index in [9.17, 15) is 4.39 Å². The van der Waals surface area contributed by atoms with Crippen molar-refractivity contribution in [3.8, 4) is 23.0 Å². The SMILES string of the molecule is Cn1c(-c2n[nH]c3ccc(Oc4ccccc4F)cc23)nc2ccccc21. The van der Waals surface area contributed by atoms with Crippen LogP contribution in [-0.2, 0) is 7.05 Å². The summed E-state index contributed by atoms with van der Waals surface area (Å²) < 4.78 is 21.6. The van der Waals surface area contributed by atoms with Gasteiger partial charge in [0.15, 0.2) is 17.4 Å². The summed E-state index contributed by atoms with van der Waals surface area (Å²) in [6, 6.07) is 19.8. The Labute approximate surface area is 154 Å². The zero-order valence-electron chi connectivity index (χ0n) is 14.5. The number of nitrogens with one attached hydrogen (secondary N) is 1. The Morgan fingerprint density at radius 2 is 1.81 bits per heavy atom. The number of ether oxygens (including phenoxy) is 1. The van der Waals surface area contributed by atoms with Gasteiger partial charge in [-0.25, -0.2) is 9.37 Å². The number of halogens is 1. The summed E-state index contributed by atoms with van der Waals surface area (Å²) in [6.45, 7) is 0. The number of fused-ring (bicyclic) bond motifs is 2. The maximum atomic E-state index is 13.9. The summed E-state index contributed by atoms with van der Waals surface area (Å²) in [6.07, 6.45) is 0. The Morgan fingerprint density at radius 3 is 2.67 bits per heavy atom. The molecular weight excluding hydrogens is 343 g/mol. The minimum Gasteiger partial charge on any atom is -0.454 e. The Morgan fingerprint density at radius 1 is 1.00 bits per heavy atom. The minimum absolute atomic E-state index is 0.185. The predicted octanol–water partition coefficient (Wildman–Crippen LogP) is 5.05. The lowest BCUT2D eigenvalue weighted by Gasteiger charge is -2.07. The number of aryl methyl sites for hydroxylation is 1. The van der Waals surface area contributed by atoms with E-state index in [1.807, 2.05) is 48.0 Å². The summed E-state index contributed by atoms with van der Waals surface area (Å²) in [4.78, 5) is 4.71. The Kier molecular flexibility index (Phi) is 3.43. The highest BCUT2D eigenvalue weighted by molar-refractivity contribution is 5.94. The molecule has 5 rings (SSSR count). The fraction of sp³-hybridized carbons (Fsp3) is 0.0476. The van der Waals surface area contributed by atoms with Gasteiger partial charge in [-0.3, -0.25) is 5.10 Å². The molecule has 27 heavy (non-hydrogen) atoms. The highest BCUT2D eigenvalue weighted by atomic mass is 19.1. The molecule has 0 fully saturated rings. The molecule has 5 nitrogen and oxygen atoms in total. The highest BCUT2D eigenvalue weighted by Crippen LogP contribution is 2.32. The number of para-hydroxylation sites is 3. The van der Waals surface area contributed by atoms with Crippen molar-refractivity contribution < 1.29 is 9.13 Å². The number of nitrogens with zero attached hydrogens (tertiary/aromatic N) is 3. The molecule has 0 atom stereocenters. The molecule has 0 aliphatic heterocycles. The molecule has 0 bridgehead atoms. The highest BCUT2D eigenvalue weighted by Gasteiger charge is 2.16. The maximum absolute atomic E-state index is 13.9. The molecule has 2 aromatic heterocycles. The van der Waals surface area contributed by atoms with Gasteiger partial charge in [-0.1, -0.05) is 24.3 Å². The molecule has 0 amide bonds. The lowest BCUT2D eigenvalue weighted by Crippen LogP contribution is -1.93. The van der Waals surface area contributed by atoms with E-state index in [1.165, 1.54) is 6.07 Å². The van der Waals surface area contributed by atoms with Crippen LogP contribution < -0.4 is 4.74 Å². The van der Waals surface area contributed by atoms with E-state index >= 15 is 0 Å². The number of imidazole rings is 1. The van der Waals surface area contributed by atoms with E-state index in [0.717, 1.165) is 33.5 Å². The van der Waals surface area contributed by atoms with Crippen LogP contribution in [0.15, 0.2) is 66.7 Å². The van der Waals surface area contributed by atoms with E-state index in [0.29, 0.717) is 5.75 Å². The van der Waals surface area contributed by atoms with Gasteiger partial charge in [-0.05, 0) is 42.5 Å². The van der Waals surface area contributed by atoms with Crippen LogP contribution in [0.5, 0.6) is 11.5 Å². The molecule has 2 heterocycles. The smallest absolute Gasteiger partial charge is 0.165 e. The van der Waals surface area contributed by atoms with Crippen LogP contribution in [0.4, 0.5) is 4.39 Å². The van der Waals surface area contributed by atoms with E-state index in [4.69, 9.17) is 9.72 Å². The molecule has 1 N–H and O–H groups in total. The van der Waals surface area contributed by atoms with E-state index in [2.05, 4.69) is 10.2 Å². The van der Waals surface area contributed by atoms with Crippen molar-refractivity contribution in [3.05, 3.63) is 72.5 Å². The third kappa shape index (κ3) is 2.54. The largest absolute Gasteiger partial charge is 0.454 e. The quantitative estimate of drug-likeness (QED) is 0.491. The Bertz CT molecular complexity index is 1290. The van der Waals surface area contributed by atoms with E-state index in [-0.39, 0.29) is 5.75 Å². The summed E-state index contributed by atoms with van der Waals surface area (Å²) in [5.74, 6) is 1.07. The van der Waals surface area contributed by atoms with E-state index in [1.54, 1.807) is 24.3 Å². The molecule has 0 spiro atoms. The molecule has 0 saturated carbocycles. The van der Waals surface area contributed by atoms with Crippen LogP contribution in [0.3, 0.4) is 0 Å². The zero-order valence-corrected chi connectivity index (χ0v) is 14.5. The van der Waals surface area contributed by atoms with Crippen LogP contribution in [0, 0.1) is 5.82 Å². The van der Waals surface area contributed by atoms with Crippen LogP contribution >= 0.6 is 0 Å². The second kappa shape index (κ2) is 5.95. The summed E-state index contributed by atoms with van der Waals surface area (Å²) >= 11 is 0. The molecule has 0 aliphatic rings. The molecule has 0 saturated heterocycles. The molecule has 6 heteroatoms. The standard InChI is InChI=1S/C21H15FN4O/c1-26-18-8-4-3-7-17(18)23-21(26)20-14-12-13(10-11-16(14)24-25-20)27-19-9-5-2-6-15(19)22/h2-12H,1H3,(H,24,25). The van der Waals surface area contributed by atoms with Gasteiger partial charge >= 0.3 is 0 Å². The van der Waals surface area contributed by atoms with Crippen LogP contribution in [-0.4, -0.2) is 19.7 Å². The Balaban J connectivity index is 1.63. The summed E-state index contributed by atoms with van der Waals surface area (Å²) in [7, 11) is 1.96. The number of aromatic amines is 1. The van der Waals surface area contributed by atoms with Gasteiger partial charge in [0, 0.05) is 12.4 Å². The van der Waals surface area contributed by atoms with E-state index < -0.39 is 5.82 Å². The predicted molar refractivity (Wildman–Crippen MR) is 102 cm³/mol. The van der Waals surface area contributed by atoms with Crippen molar-refractivity contribution in [1.82, 2.24) is 19.7 Å². The Hall–Kier alpha value is -3.67. The molecular formula is C21H15FN4O. The van der Waals surface area contributed by atoms with Crippen molar-refractivity contribution in [2.45, 2.75) is 0 Å². The molecule has 5 aromatic rings. The van der Waals surface area contributed by atoms with Crippen molar-refractivity contribution in [2.75, 3.05) is 0 Å². The first-order valence-electron chi connectivity index (χ1n) is 8.53. The minimum atomic E-state index is -0.402. The van der Waals surface area contributed by atoms with Crippen molar-refractivity contribution in [3.63, 3.8) is 0 Å². The van der Waals surface area contributed by atoms with Gasteiger partial charge < -0.3 is 9.30 Å². The number of hydrogen-bond acceptors (Lipinski definition) is 3. The lowest BCUT2D eigenvalue weighted by molar-refractivity contribution is 0.443. The first-order valence-corrected chi connectivity index (χ1v) is 8.53. The van der Waals surface area contributed by atoms with Crippen LogP contribution in [0.25, 0.3) is 33.5 Å². The monoisotopic (exact) mass is 358 g/mol. The van der Waals surface area contributed by atoms with Crippen LogP contribution in [0.1, 0.15) is 0 Å². The zero-order chi connectivity index (χ0) is 18.4. The fourth-order valence-electron chi connectivity index (χ4n) is 3.24. The third-order valence-corrected chi connectivity index (χ3v) is 4.60. The van der Waals surface area contributed by atoms with Crippen molar-refractivity contribution >= 4 is 21.9 Å². The second-order valence-corrected chi connectivity index (χ2v) is 6.30. The van der Waals surface area contributed by atoms with Gasteiger partial charge in [0.1, 0.15) is 11.4 Å². The fourth-order valence-corrected chi connectivity index (χ4v) is 3.24.